The van der Waals surface area contributed by atoms with E-state index >= 15 is 0 Å². The number of amides is 1. The van der Waals surface area contributed by atoms with Crippen LogP contribution in [0.4, 0.5) is 20.4 Å². The van der Waals surface area contributed by atoms with E-state index in [2.05, 4.69) is 20.2 Å². The highest BCUT2D eigenvalue weighted by Gasteiger charge is 2.30. The van der Waals surface area contributed by atoms with Gasteiger partial charge in [0, 0.05) is 18.5 Å². The predicted octanol–water partition coefficient (Wildman–Crippen LogP) is 0.487. The van der Waals surface area contributed by atoms with Gasteiger partial charge in [-0.2, -0.15) is 0 Å². The van der Waals surface area contributed by atoms with Crippen LogP contribution >= 0.6 is 0 Å². The van der Waals surface area contributed by atoms with E-state index in [0.717, 1.165) is 43.2 Å². The van der Waals surface area contributed by atoms with Crippen LogP contribution in [0, 0.1) is 11.6 Å². The van der Waals surface area contributed by atoms with Crippen molar-refractivity contribution in [3.8, 4) is 0 Å². The molecule has 0 unspecified atom stereocenters. The van der Waals surface area contributed by atoms with Crippen LogP contribution in [0.3, 0.4) is 0 Å². The Balaban J connectivity index is 1.56. The highest BCUT2D eigenvalue weighted by Crippen LogP contribution is 2.15. The maximum absolute atomic E-state index is 13.7. The average molecular weight is 348 g/mol. The van der Waals surface area contributed by atoms with Crippen molar-refractivity contribution in [1.29, 1.82) is 0 Å². The van der Waals surface area contributed by atoms with E-state index in [1.807, 2.05) is 0 Å². The molecule has 1 aromatic carbocycles. The van der Waals surface area contributed by atoms with Crippen molar-refractivity contribution in [3.63, 3.8) is 0 Å². The van der Waals surface area contributed by atoms with Crippen LogP contribution in [0.25, 0.3) is 0 Å². The number of aromatic nitrogens is 2. The fourth-order valence-electron chi connectivity index (χ4n) is 2.90. The summed E-state index contributed by atoms with van der Waals surface area (Å²) in [6.45, 7) is 4.78. The maximum Gasteiger partial charge on any atom is 0.282 e. The topological polar surface area (TPSA) is 62.6 Å². The highest BCUT2D eigenvalue weighted by atomic mass is 19.1. The number of carbonyl (C=O) groups excluding carboxylic acids is 1. The lowest BCUT2D eigenvalue weighted by molar-refractivity contribution is -0.914. The first-order valence-electron chi connectivity index (χ1n) is 8.17. The molecule has 1 aliphatic heterocycles. The molecule has 2 N–H and O–H groups in total. The third kappa shape index (κ3) is 4.08. The Labute approximate surface area is 144 Å². The number of anilines is 2. The molecule has 2 aromatic rings. The van der Waals surface area contributed by atoms with Gasteiger partial charge >= 0.3 is 0 Å². The number of hydrogen-bond donors (Lipinski definition) is 2. The number of hydrogen-bond acceptors (Lipinski definition) is 4. The van der Waals surface area contributed by atoms with Gasteiger partial charge in [-0.05, 0) is 25.1 Å². The highest BCUT2D eigenvalue weighted by molar-refractivity contribution is 5.93. The van der Waals surface area contributed by atoms with Crippen molar-refractivity contribution < 1.29 is 18.5 Å². The average Bonchev–Trinajstić information content (AvgIpc) is 2.64. The molecule has 0 radical (unpaired) electrons. The zero-order valence-electron chi connectivity index (χ0n) is 13.9. The molecule has 1 saturated heterocycles. The normalized spacial score (nSPS) is 16.5. The number of piperazine rings is 1. The number of rotatable bonds is 4. The van der Waals surface area contributed by atoms with E-state index in [1.165, 1.54) is 6.07 Å². The van der Waals surface area contributed by atoms with Crippen molar-refractivity contribution in [2.24, 2.45) is 0 Å². The van der Waals surface area contributed by atoms with Crippen LogP contribution in [0.5, 0.6) is 0 Å². The molecule has 0 saturated carbocycles. The van der Waals surface area contributed by atoms with Gasteiger partial charge in [-0.3, -0.25) is 4.79 Å². The Morgan fingerprint density at radius 3 is 2.56 bits per heavy atom. The molecule has 1 amide bonds. The summed E-state index contributed by atoms with van der Waals surface area (Å²) in [4.78, 5) is 24.0. The van der Waals surface area contributed by atoms with Crippen molar-refractivity contribution in [1.82, 2.24) is 9.97 Å². The summed E-state index contributed by atoms with van der Waals surface area (Å²) in [5.74, 6) is -1.05. The van der Waals surface area contributed by atoms with Crippen LogP contribution in [0.15, 0.2) is 36.7 Å². The summed E-state index contributed by atoms with van der Waals surface area (Å²) in [6.07, 6.45) is 3.41. The van der Waals surface area contributed by atoms with Crippen molar-refractivity contribution in [2.45, 2.75) is 13.0 Å². The van der Waals surface area contributed by atoms with Gasteiger partial charge in [0.2, 0.25) is 5.95 Å². The summed E-state index contributed by atoms with van der Waals surface area (Å²) in [6, 6.07) is 4.53. The van der Waals surface area contributed by atoms with Crippen LogP contribution in [-0.2, 0) is 4.79 Å². The minimum atomic E-state index is -0.776. The van der Waals surface area contributed by atoms with Crippen LogP contribution in [0.1, 0.15) is 6.92 Å². The molecule has 132 valence electrons. The van der Waals surface area contributed by atoms with E-state index in [9.17, 15) is 13.6 Å². The lowest BCUT2D eigenvalue weighted by atomic mass is 10.2. The molecular formula is C17H20F2N5O+. The number of carbonyl (C=O) groups is 1. The maximum atomic E-state index is 13.7. The van der Waals surface area contributed by atoms with Gasteiger partial charge < -0.3 is 15.1 Å². The van der Waals surface area contributed by atoms with Crippen molar-refractivity contribution in [2.75, 3.05) is 36.4 Å². The van der Waals surface area contributed by atoms with Gasteiger partial charge in [0.15, 0.2) is 6.04 Å². The number of nitrogens with zero attached hydrogens (tertiary/aromatic N) is 3. The van der Waals surface area contributed by atoms with Gasteiger partial charge in [0.05, 0.1) is 31.9 Å². The van der Waals surface area contributed by atoms with Crippen LogP contribution in [0.2, 0.25) is 0 Å². The Bertz CT molecular complexity index is 735. The SMILES string of the molecule is C[C@H](C(=O)Nc1ccc(F)cc1F)[NH+]1CCN(c2ncccn2)CC1. The van der Waals surface area contributed by atoms with E-state index in [-0.39, 0.29) is 17.6 Å². The smallest absolute Gasteiger partial charge is 0.282 e. The summed E-state index contributed by atoms with van der Waals surface area (Å²) < 4.78 is 26.6. The lowest BCUT2D eigenvalue weighted by Gasteiger charge is -2.34. The van der Waals surface area contributed by atoms with Gasteiger partial charge in [0.25, 0.3) is 5.91 Å². The van der Waals surface area contributed by atoms with Gasteiger partial charge in [-0.15, -0.1) is 0 Å². The molecule has 0 spiro atoms. The number of nitrogens with one attached hydrogen (secondary N) is 2. The third-order valence-corrected chi connectivity index (χ3v) is 4.44. The van der Waals surface area contributed by atoms with Crippen molar-refractivity contribution in [3.05, 3.63) is 48.3 Å². The molecule has 8 heteroatoms. The molecule has 0 aliphatic carbocycles. The largest absolute Gasteiger partial charge is 0.330 e. The molecule has 2 heterocycles. The number of quaternary nitrogens is 1. The van der Waals surface area contributed by atoms with E-state index in [4.69, 9.17) is 0 Å². The zero-order valence-corrected chi connectivity index (χ0v) is 13.9. The second-order valence-electron chi connectivity index (χ2n) is 6.03. The Hall–Kier alpha value is -2.61. The first-order valence-corrected chi connectivity index (χ1v) is 8.17. The lowest BCUT2D eigenvalue weighted by Crippen LogP contribution is -3.19. The molecule has 6 nitrogen and oxygen atoms in total. The van der Waals surface area contributed by atoms with Crippen LogP contribution in [-0.4, -0.2) is 48.1 Å². The predicted molar refractivity (Wildman–Crippen MR) is 89.4 cm³/mol. The summed E-state index contributed by atoms with van der Waals surface area (Å²) in [5, 5.41) is 2.54. The summed E-state index contributed by atoms with van der Waals surface area (Å²) in [7, 11) is 0. The van der Waals surface area contributed by atoms with Crippen molar-refractivity contribution >= 4 is 17.5 Å². The fraction of sp³-hybridized carbons (Fsp3) is 0.353. The standard InChI is InChI=1S/C17H19F2N5O/c1-12(16(25)22-15-4-3-13(18)11-14(15)19)23-7-9-24(10-8-23)17-20-5-2-6-21-17/h2-6,11-12H,7-10H2,1H3,(H,22,25)/p+1/t12-/m1/s1. The van der Waals surface area contributed by atoms with E-state index < -0.39 is 11.6 Å². The quantitative estimate of drug-likeness (QED) is 0.844. The molecule has 1 aromatic heterocycles. The first-order chi connectivity index (χ1) is 12.0. The molecule has 0 bridgehead atoms. The summed E-state index contributed by atoms with van der Waals surface area (Å²) in [5.41, 5.74) is -0.00558. The van der Waals surface area contributed by atoms with E-state index in [0.29, 0.717) is 5.95 Å². The van der Waals surface area contributed by atoms with E-state index in [1.54, 1.807) is 25.4 Å². The monoisotopic (exact) mass is 348 g/mol. The van der Waals surface area contributed by atoms with Crippen LogP contribution < -0.4 is 15.1 Å². The molecule has 1 aliphatic rings. The molecule has 3 rings (SSSR count). The minimum Gasteiger partial charge on any atom is -0.330 e. The first kappa shape index (κ1) is 17.2. The second-order valence-corrected chi connectivity index (χ2v) is 6.03. The third-order valence-electron chi connectivity index (χ3n) is 4.44. The fourth-order valence-corrected chi connectivity index (χ4v) is 2.90. The number of halogens is 2. The van der Waals surface area contributed by atoms with Gasteiger partial charge in [0.1, 0.15) is 11.6 Å². The van der Waals surface area contributed by atoms with Gasteiger partial charge in [-0.25, -0.2) is 18.7 Å². The molecule has 1 fully saturated rings. The molecule has 1 atom stereocenters. The Morgan fingerprint density at radius 1 is 1.24 bits per heavy atom. The minimum absolute atomic E-state index is 0.00558. The molecular weight excluding hydrogens is 328 g/mol. The second kappa shape index (κ2) is 7.52. The van der Waals surface area contributed by atoms with Gasteiger partial charge in [-0.1, -0.05) is 0 Å². The zero-order chi connectivity index (χ0) is 17.8. The Kier molecular flexibility index (Phi) is 5.18. The molecule has 25 heavy (non-hydrogen) atoms. The number of benzene rings is 1. The summed E-state index contributed by atoms with van der Waals surface area (Å²) >= 11 is 0. The Morgan fingerprint density at radius 2 is 1.92 bits per heavy atom.